The number of nitrogens with zero attached hydrogens (tertiary/aromatic N) is 1. The molecule has 0 saturated heterocycles. The molecule has 2 unspecified atom stereocenters. The minimum atomic E-state index is -0.747. The van der Waals surface area contributed by atoms with Gasteiger partial charge >= 0.3 is 5.97 Å². The number of carboxylic acid groups (broad SMARTS) is 1. The molecule has 0 spiro atoms. The van der Waals surface area contributed by atoms with Crippen molar-refractivity contribution >= 4 is 5.97 Å². The molecule has 0 fully saturated rings. The van der Waals surface area contributed by atoms with Crippen LogP contribution in [0.5, 0.6) is 0 Å². The van der Waals surface area contributed by atoms with Gasteiger partial charge in [-0.25, -0.2) is 0 Å². The molecule has 0 amide bonds. The first-order valence-electron chi connectivity index (χ1n) is 7.16. The first kappa shape index (κ1) is 18.1. The Labute approximate surface area is 117 Å². The van der Waals surface area contributed by atoms with E-state index in [1.165, 1.54) is 0 Å². The molecule has 0 radical (unpaired) electrons. The van der Waals surface area contributed by atoms with E-state index in [0.717, 1.165) is 19.4 Å². The van der Waals surface area contributed by atoms with Gasteiger partial charge in [-0.2, -0.15) is 0 Å². The number of aliphatic hydroxyl groups excluding tert-OH is 1. The highest BCUT2D eigenvalue weighted by Gasteiger charge is 2.22. The standard InChI is InChI=1S/C15H29NO3/c1-5-6-7-8-9-14(17)12-16(3,4)11-10-13(2)15(18)19/h7-8,13-14,17H,5-6,9-12H2,1-4H3/p+1/b8-7+. The van der Waals surface area contributed by atoms with Crippen LogP contribution in [0.1, 0.15) is 39.5 Å². The lowest BCUT2D eigenvalue weighted by molar-refractivity contribution is -0.893. The van der Waals surface area contributed by atoms with E-state index in [-0.39, 0.29) is 12.0 Å². The van der Waals surface area contributed by atoms with Crippen LogP contribution in [0.15, 0.2) is 12.2 Å². The molecule has 2 atom stereocenters. The van der Waals surface area contributed by atoms with Crippen LogP contribution in [0.25, 0.3) is 0 Å². The molecule has 0 rings (SSSR count). The fraction of sp³-hybridized carbons (Fsp3) is 0.800. The average Bonchev–Trinajstić information content (AvgIpc) is 2.31. The number of unbranched alkanes of at least 4 members (excludes halogenated alkanes) is 1. The third kappa shape index (κ3) is 9.68. The number of hydrogen-bond donors (Lipinski definition) is 2. The smallest absolute Gasteiger partial charge is 0.306 e. The molecule has 0 aromatic carbocycles. The zero-order chi connectivity index (χ0) is 14.9. The van der Waals surface area contributed by atoms with Crippen LogP contribution >= 0.6 is 0 Å². The van der Waals surface area contributed by atoms with Crippen molar-refractivity contribution < 1.29 is 19.5 Å². The molecule has 0 aliphatic rings. The zero-order valence-corrected chi connectivity index (χ0v) is 12.8. The number of carbonyl (C=O) groups is 1. The number of hydrogen-bond acceptors (Lipinski definition) is 2. The second-order valence-corrected chi connectivity index (χ2v) is 6.02. The van der Waals surface area contributed by atoms with E-state index in [4.69, 9.17) is 5.11 Å². The Hall–Kier alpha value is -0.870. The van der Waals surface area contributed by atoms with Gasteiger partial charge in [-0.05, 0) is 12.8 Å². The first-order chi connectivity index (χ1) is 8.78. The van der Waals surface area contributed by atoms with Gasteiger partial charge in [0.15, 0.2) is 0 Å². The normalized spacial score (nSPS) is 15.6. The van der Waals surface area contributed by atoms with Gasteiger partial charge in [0.2, 0.25) is 0 Å². The van der Waals surface area contributed by atoms with Gasteiger partial charge in [0.25, 0.3) is 0 Å². The van der Waals surface area contributed by atoms with Crippen LogP contribution in [-0.4, -0.2) is 54.0 Å². The van der Waals surface area contributed by atoms with Gasteiger partial charge in [0.05, 0.1) is 26.6 Å². The predicted molar refractivity (Wildman–Crippen MR) is 77.9 cm³/mol. The molecule has 0 aromatic rings. The highest BCUT2D eigenvalue weighted by atomic mass is 16.4. The van der Waals surface area contributed by atoms with E-state index in [0.29, 0.717) is 23.9 Å². The molecular weight excluding hydrogens is 242 g/mol. The van der Waals surface area contributed by atoms with Crippen molar-refractivity contribution in [3.63, 3.8) is 0 Å². The quantitative estimate of drug-likeness (QED) is 0.474. The van der Waals surface area contributed by atoms with Crippen LogP contribution in [0.2, 0.25) is 0 Å². The van der Waals surface area contributed by atoms with Crippen LogP contribution in [-0.2, 0) is 4.79 Å². The van der Waals surface area contributed by atoms with Crippen molar-refractivity contribution in [2.45, 2.75) is 45.6 Å². The summed E-state index contributed by atoms with van der Waals surface area (Å²) in [5, 5.41) is 18.8. The van der Waals surface area contributed by atoms with Gasteiger partial charge in [0.1, 0.15) is 12.6 Å². The minimum absolute atomic E-state index is 0.320. The topological polar surface area (TPSA) is 57.5 Å². The maximum atomic E-state index is 10.8. The molecule has 4 nitrogen and oxygen atoms in total. The number of allylic oxidation sites excluding steroid dienone is 1. The van der Waals surface area contributed by atoms with Crippen molar-refractivity contribution in [1.29, 1.82) is 0 Å². The van der Waals surface area contributed by atoms with E-state index in [2.05, 4.69) is 13.0 Å². The molecule has 0 aromatic heterocycles. The Morgan fingerprint density at radius 1 is 1.32 bits per heavy atom. The largest absolute Gasteiger partial charge is 0.481 e. The Morgan fingerprint density at radius 2 is 1.95 bits per heavy atom. The summed E-state index contributed by atoms with van der Waals surface area (Å²) in [6.07, 6.45) is 7.28. The lowest BCUT2D eigenvalue weighted by atomic mass is 10.1. The van der Waals surface area contributed by atoms with Crippen molar-refractivity contribution in [2.24, 2.45) is 5.92 Å². The van der Waals surface area contributed by atoms with Crippen molar-refractivity contribution in [3.05, 3.63) is 12.2 Å². The molecule has 0 bridgehead atoms. The molecule has 0 aliphatic heterocycles. The maximum absolute atomic E-state index is 10.8. The fourth-order valence-electron chi connectivity index (χ4n) is 1.94. The number of aliphatic hydroxyl groups is 1. The summed E-state index contributed by atoms with van der Waals surface area (Å²) in [5.74, 6) is -1.07. The van der Waals surface area contributed by atoms with Gasteiger partial charge in [-0.1, -0.05) is 32.4 Å². The van der Waals surface area contributed by atoms with Gasteiger partial charge in [-0.15, -0.1) is 0 Å². The van der Waals surface area contributed by atoms with Crippen molar-refractivity contribution in [2.75, 3.05) is 27.2 Å². The summed E-state index contributed by atoms with van der Waals surface area (Å²) in [7, 11) is 4.07. The second-order valence-electron chi connectivity index (χ2n) is 6.02. The number of quaternary nitrogens is 1. The number of aliphatic carboxylic acids is 1. The van der Waals surface area contributed by atoms with Crippen molar-refractivity contribution in [1.82, 2.24) is 0 Å². The molecule has 112 valence electrons. The van der Waals surface area contributed by atoms with Gasteiger partial charge < -0.3 is 14.7 Å². The average molecular weight is 272 g/mol. The molecule has 0 saturated carbocycles. The molecule has 2 N–H and O–H groups in total. The van der Waals surface area contributed by atoms with Gasteiger partial charge in [0, 0.05) is 6.42 Å². The number of carboxylic acids is 1. The monoisotopic (exact) mass is 272 g/mol. The summed E-state index contributed by atoms with van der Waals surface area (Å²) in [6.45, 7) is 5.28. The second kappa shape index (κ2) is 9.10. The first-order valence-corrected chi connectivity index (χ1v) is 7.16. The lowest BCUT2D eigenvalue weighted by Crippen LogP contribution is -2.46. The molecule has 19 heavy (non-hydrogen) atoms. The van der Waals surface area contributed by atoms with E-state index in [1.54, 1.807) is 6.92 Å². The van der Waals surface area contributed by atoms with Crippen LogP contribution in [0.3, 0.4) is 0 Å². The Kier molecular flexibility index (Phi) is 8.68. The molecule has 0 aliphatic carbocycles. The Balaban J connectivity index is 4.02. The van der Waals surface area contributed by atoms with Crippen LogP contribution in [0.4, 0.5) is 0 Å². The van der Waals surface area contributed by atoms with E-state index >= 15 is 0 Å². The lowest BCUT2D eigenvalue weighted by Gasteiger charge is -2.32. The van der Waals surface area contributed by atoms with Gasteiger partial charge in [-0.3, -0.25) is 4.79 Å². The molecule has 4 heteroatoms. The third-order valence-electron chi connectivity index (χ3n) is 3.32. The SMILES string of the molecule is CCC/C=C/CC(O)C[N+](C)(C)CCC(C)C(=O)O. The van der Waals surface area contributed by atoms with E-state index < -0.39 is 5.97 Å². The summed E-state index contributed by atoms with van der Waals surface area (Å²) < 4.78 is 0.653. The third-order valence-corrected chi connectivity index (χ3v) is 3.32. The maximum Gasteiger partial charge on any atom is 0.306 e. The highest BCUT2D eigenvalue weighted by Crippen LogP contribution is 2.10. The molecular formula is C15H30NO3+. The molecule has 0 heterocycles. The zero-order valence-electron chi connectivity index (χ0n) is 12.8. The minimum Gasteiger partial charge on any atom is -0.481 e. The van der Waals surface area contributed by atoms with Crippen molar-refractivity contribution in [3.8, 4) is 0 Å². The number of likely N-dealkylation sites (N-methyl/N-ethyl adjacent to an activating group) is 1. The highest BCUT2D eigenvalue weighted by molar-refractivity contribution is 5.69. The number of rotatable bonds is 10. The van der Waals surface area contributed by atoms with Crippen LogP contribution < -0.4 is 0 Å². The fourth-order valence-corrected chi connectivity index (χ4v) is 1.94. The van der Waals surface area contributed by atoms with E-state index in [9.17, 15) is 9.90 Å². The summed E-state index contributed by atoms with van der Waals surface area (Å²) in [4.78, 5) is 10.8. The summed E-state index contributed by atoms with van der Waals surface area (Å²) >= 11 is 0. The Bertz CT molecular complexity index is 287. The van der Waals surface area contributed by atoms with E-state index in [1.807, 2.05) is 20.2 Å². The Morgan fingerprint density at radius 3 is 2.47 bits per heavy atom. The summed E-state index contributed by atoms with van der Waals surface area (Å²) in [6, 6.07) is 0. The summed E-state index contributed by atoms with van der Waals surface area (Å²) in [5.41, 5.74) is 0. The van der Waals surface area contributed by atoms with Crippen LogP contribution in [0, 0.1) is 5.92 Å². The predicted octanol–water partition coefficient (Wildman–Crippen LogP) is 2.28.